The molecule has 1 aromatic rings. The van der Waals surface area contributed by atoms with Crippen LogP contribution in [-0.2, 0) is 0 Å². The van der Waals surface area contributed by atoms with E-state index < -0.39 is 11.6 Å². The first-order valence-electron chi connectivity index (χ1n) is 4.38. The van der Waals surface area contributed by atoms with Crippen LogP contribution >= 0.6 is 0 Å². The fourth-order valence-corrected chi connectivity index (χ4v) is 1.73. The molecule has 0 amide bonds. The molecule has 0 aliphatic heterocycles. The molecule has 1 aromatic carbocycles. The highest BCUT2D eigenvalue weighted by atomic mass is 19.1. The van der Waals surface area contributed by atoms with E-state index in [-0.39, 0.29) is 17.4 Å². The highest BCUT2D eigenvalue weighted by molar-refractivity contribution is 5.29. The number of nitrogens with two attached hydrogens (primary N) is 1. The maximum atomic E-state index is 13.2. The van der Waals surface area contributed by atoms with E-state index >= 15 is 0 Å². The zero-order valence-corrected chi connectivity index (χ0v) is 7.13. The number of halogens is 2. The Labute approximate surface area is 75.6 Å². The summed E-state index contributed by atoms with van der Waals surface area (Å²) >= 11 is 0. The summed E-state index contributed by atoms with van der Waals surface area (Å²) in [6.07, 6.45) is 0.814. The van der Waals surface area contributed by atoms with Crippen molar-refractivity contribution in [2.75, 3.05) is 6.54 Å². The Bertz CT molecular complexity index is 304. The Balaban J connectivity index is 2.30. The van der Waals surface area contributed by atoms with Gasteiger partial charge >= 0.3 is 0 Å². The number of benzene rings is 1. The normalized spacial score (nSPS) is 26.1. The summed E-state index contributed by atoms with van der Waals surface area (Å²) < 4.78 is 26.3. The maximum Gasteiger partial charge on any atom is 0.129 e. The third kappa shape index (κ3) is 1.44. The van der Waals surface area contributed by atoms with Crippen molar-refractivity contribution in [2.45, 2.75) is 12.3 Å². The third-order valence-electron chi connectivity index (χ3n) is 2.60. The van der Waals surface area contributed by atoms with Crippen molar-refractivity contribution in [3.05, 3.63) is 35.4 Å². The molecule has 1 aliphatic rings. The van der Waals surface area contributed by atoms with Crippen molar-refractivity contribution in [2.24, 2.45) is 11.7 Å². The van der Waals surface area contributed by atoms with Crippen LogP contribution in [0.4, 0.5) is 8.78 Å². The van der Waals surface area contributed by atoms with Gasteiger partial charge in [0.15, 0.2) is 0 Å². The van der Waals surface area contributed by atoms with Gasteiger partial charge in [-0.2, -0.15) is 0 Å². The Morgan fingerprint density at radius 2 is 1.92 bits per heavy atom. The Hall–Kier alpha value is -0.960. The second-order valence-corrected chi connectivity index (χ2v) is 3.47. The van der Waals surface area contributed by atoms with Gasteiger partial charge in [-0.1, -0.05) is 6.07 Å². The van der Waals surface area contributed by atoms with Crippen molar-refractivity contribution in [1.29, 1.82) is 0 Å². The van der Waals surface area contributed by atoms with Crippen molar-refractivity contribution in [3.8, 4) is 0 Å². The first-order valence-corrected chi connectivity index (χ1v) is 4.38. The maximum absolute atomic E-state index is 13.2. The summed E-state index contributed by atoms with van der Waals surface area (Å²) in [7, 11) is 0. The van der Waals surface area contributed by atoms with E-state index in [1.54, 1.807) is 0 Å². The lowest BCUT2D eigenvalue weighted by molar-refractivity contribution is 0.551. The molecule has 0 aromatic heterocycles. The van der Waals surface area contributed by atoms with E-state index in [1.807, 2.05) is 0 Å². The molecule has 0 heterocycles. The van der Waals surface area contributed by atoms with E-state index in [4.69, 9.17) is 5.73 Å². The van der Waals surface area contributed by atoms with Gasteiger partial charge in [-0.15, -0.1) is 0 Å². The molecule has 0 bridgehead atoms. The quantitative estimate of drug-likeness (QED) is 0.745. The molecule has 0 saturated heterocycles. The van der Waals surface area contributed by atoms with E-state index in [0.29, 0.717) is 6.54 Å². The summed E-state index contributed by atoms with van der Waals surface area (Å²) in [4.78, 5) is 0. The largest absolute Gasteiger partial charge is 0.330 e. The van der Waals surface area contributed by atoms with Crippen LogP contribution in [0.5, 0.6) is 0 Å². The minimum absolute atomic E-state index is 0.00574. The van der Waals surface area contributed by atoms with Crippen LogP contribution in [0.2, 0.25) is 0 Å². The van der Waals surface area contributed by atoms with Gasteiger partial charge in [-0.25, -0.2) is 8.78 Å². The van der Waals surface area contributed by atoms with Gasteiger partial charge in [0.1, 0.15) is 11.6 Å². The number of hydrogen-bond donors (Lipinski definition) is 1. The summed E-state index contributed by atoms with van der Waals surface area (Å²) in [6, 6.07) is 3.97. The Kier molecular flexibility index (Phi) is 2.04. The van der Waals surface area contributed by atoms with Gasteiger partial charge in [0, 0.05) is 5.56 Å². The molecule has 2 N–H and O–H groups in total. The number of hydrogen-bond acceptors (Lipinski definition) is 1. The Morgan fingerprint density at radius 3 is 2.38 bits per heavy atom. The molecule has 1 aliphatic carbocycles. The lowest BCUT2D eigenvalue weighted by Gasteiger charge is -2.02. The molecule has 3 heteroatoms. The molecule has 1 fully saturated rings. The highest BCUT2D eigenvalue weighted by Crippen LogP contribution is 2.48. The second-order valence-electron chi connectivity index (χ2n) is 3.47. The van der Waals surface area contributed by atoms with E-state index in [1.165, 1.54) is 18.2 Å². The lowest BCUT2D eigenvalue weighted by Crippen LogP contribution is -2.03. The zero-order chi connectivity index (χ0) is 9.42. The molecule has 0 unspecified atom stereocenters. The molecule has 0 radical (unpaired) electrons. The minimum atomic E-state index is -0.444. The van der Waals surface area contributed by atoms with Crippen molar-refractivity contribution < 1.29 is 8.78 Å². The average molecular weight is 183 g/mol. The fourth-order valence-electron chi connectivity index (χ4n) is 1.73. The van der Waals surface area contributed by atoms with Crippen molar-refractivity contribution in [1.82, 2.24) is 0 Å². The zero-order valence-electron chi connectivity index (χ0n) is 7.13. The van der Waals surface area contributed by atoms with Crippen LogP contribution in [0.15, 0.2) is 18.2 Å². The fraction of sp³-hybridized carbons (Fsp3) is 0.400. The molecular weight excluding hydrogens is 172 g/mol. The van der Waals surface area contributed by atoms with E-state index in [9.17, 15) is 8.78 Å². The molecule has 0 spiro atoms. The summed E-state index contributed by atoms with van der Waals surface area (Å²) in [5.74, 6) is -0.612. The standard InChI is InChI=1S/C10H11F2N/c11-8-2-1-3-9(12)10(8)7-4-6(7)5-13/h1-3,6-7H,4-5,13H2/t6-,7+/m0/s1. The van der Waals surface area contributed by atoms with Gasteiger partial charge in [0.25, 0.3) is 0 Å². The minimum Gasteiger partial charge on any atom is -0.330 e. The average Bonchev–Trinajstić information content (AvgIpc) is 2.83. The molecule has 1 saturated carbocycles. The summed E-state index contributed by atoms with van der Waals surface area (Å²) in [5.41, 5.74) is 5.64. The summed E-state index contributed by atoms with van der Waals surface area (Å²) in [5, 5.41) is 0. The van der Waals surface area contributed by atoms with Gasteiger partial charge < -0.3 is 5.73 Å². The Morgan fingerprint density at radius 1 is 1.31 bits per heavy atom. The van der Waals surface area contributed by atoms with Crippen LogP contribution in [0.25, 0.3) is 0 Å². The third-order valence-corrected chi connectivity index (χ3v) is 2.60. The monoisotopic (exact) mass is 183 g/mol. The van der Waals surface area contributed by atoms with Crippen molar-refractivity contribution >= 4 is 0 Å². The molecule has 2 rings (SSSR count). The molecule has 13 heavy (non-hydrogen) atoms. The molecule has 70 valence electrons. The van der Waals surface area contributed by atoms with Crippen LogP contribution in [0.3, 0.4) is 0 Å². The topological polar surface area (TPSA) is 26.0 Å². The van der Waals surface area contributed by atoms with Gasteiger partial charge in [0.05, 0.1) is 0 Å². The van der Waals surface area contributed by atoms with Gasteiger partial charge in [0.2, 0.25) is 0 Å². The molecule has 1 nitrogen and oxygen atoms in total. The van der Waals surface area contributed by atoms with Crippen molar-refractivity contribution in [3.63, 3.8) is 0 Å². The van der Waals surface area contributed by atoms with Crippen LogP contribution in [0.1, 0.15) is 17.9 Å². The lowest BCUT2D eigenvalue weighted by atomic mass is 10.1. The van der Waals surface area contributed by atoms with Gasteiger partial charge in [-0.05, 0) is 36.9 Å². The number of rotatable bonds is 2. The first-order chi connectivity index (χ1) is 6.24. The SMILES string of the molecule is NC[C@@H]1C[C@H]1c1c(F)cccc1F. The summed E-state index contributed by atoms with van der Waals surface area (Å²) in [6.45, 7) is 0.512. The molecular formula is C10H11F2N. The predicted molar refractivity (Wildman–Crippen MR) is 46.3 cm³/mol. The first kappa shape index (κ1) is 8.63. The highest BCUT2D eigenvalue weighted by Gasteiger charge is 2.40. The van der Waals surface area contributed by atoms with Crippen LogP contribution < -0.4 is 5.73 Å². The second kappa shape index (κ2) is 3.07. The van der Waals surface area contributed by atoms with Crippen LogP contribution in [0, 0.1) is 17.6 Å². The predicted octanol–water partition coefficient (Wildman–Crippen LogP) is 2.03. The molecule has 2 atom stereocenters. The van der Waals surface area contributed by atoms with Gasteiger partial charge in [-0.3, -0.25) is 0 Å². The van der Waals surface area contributed by atoms with E-state index in [0.717, 1.165) is 6.42 Å². The smallest absolute Gasteiger partial charge is 0.129 e. The van der Waals surface area contributed by atoms with Crippen LogP contribution in [-0.4, -0.2) is 6.54 Å². The van der Waals surface area contributed by atoms with E-state index in [2.05, 4.69) is 0 Å².